The van der Waals surface area contributed by atoms with Gasteiger partial charge in [0.1, 0.15) is 5.76 Å². The maximum atomic E-state index is 10.6. The maximum absolute atomic E-state index is 10.6. The van der Waals surface area contributed by atoms with Gasteiger partial charge in [-0.15, -0.1) is 11.8 Å². The van der Waals surface area contributed by atoms with Crippen LogP contribution in [0.25, 0.3) is 0 Å². The first-order valence-electron chi connectivity index (χ1n) is 8.26. The smallest absolute Gasteiger partial charge is 0.475 e. The summed E-state index contributed by atoms with van der Waals surface area (Å²) in [6, 6.07) is 0. The van der Waals surface area contributed by atoms with E-state index in [4.69, 9.17) is 19.2 Å². The van der Waals surface area contributed by atoms with Gasteiger partial charge in [0, 0.05) is 42.3 Å². The van der Waals surface area contributed by atoms with E-state index in [1.807, 2.05) is 13.8 Å². The molecular weight excluding hydrogens is 373 g/mol. The number of alkyl halides is 3. The van der Waals surface area contributed by atoms with E-state index < -0.39 is 12.1 Å². The molecule has 26 heavy (non-hydrogen) atoms. The Hall–Kier alpha value is -1.26. The molecule has 2 aliphatic heterocycles. The van der Waals surface area contributed by atoms with Gasteiger partial charge in [-0.25, -0.2) is 4.79 Å². The Labute approximate surface area is 154 Å². The molecule has 0 aliphatic carbocycles. The number of hydrogen-bond acceptors (Lipinski definition) is 6. The number of nitrogens with zero attached hydrogens (tertiary/aromatic N) is 2. The van der Waals surface area contributed by atoms with Gasteiger partial charge in [-0.1, -0.05) is 5.16 Å². The highest BCUT2D eigenvalue weighted by Crippen LogP contribution is 2.46. The summed E-state index contributed by atoms with van der Waals surface area (Å²) in [5.74, 6) is -0.635. The van der Waals surface area contributed by atoms with E-state index in [0.29, 0.717) is 10.9 Å². The largest absolute Gasteiger partial charge is 0.490 e. The van der Waals surface area contributed by atoms with Crippen molar-refractivity contribution in [1.82, 2.24) is 10.1 Å². The number of ether oxygens (including phenoxy) is 1. The summed E-state index contributed by atoms with van der Waals surface area (Å²) in [6.07, 6.45) is -3.40. The SMILES string of the molecule is CCOC1CSC2(C1)CN(Cc1c(C)noc1C)C2.O=C(O)C(F)(F)F. The van der Waals surface area contributed by atoms with E-state index in [1.165, 1.54) is 25.1 Å². The van der Waals surface area contributed by atoms with Crippen molar-refractivity contribution in [1.29, 1.82) is 0 Å². The van der Waals surface area contributed by atoms with Crippen LogP contribution in [0, 0.1) is 13.8 Å². The second-order valence-electron chi connectivity index (χ2n) is 6.53. The zero-order chi connectivity index (χ0) is 19.5. The Morgan fingerprint density at radius 3 is 2.54 bits per heavy atom. The summed E-state index contributed by atoms with van der Waals surface area (Å²) in [5.41, 5.74) is 2.30. The number of halogens is 3. The zero-order valence-corrected chi connectivity index (χ0v) is 15.7. The van der Waals surface area contributed by atoms with Crippen molar-refractivity contribution < 1.29 is 32.3 Å². The number of aliphatic carboxylic acids is 1. The van der Waals surface area contributed by atoms with Crippen LogP contribution in [0.3, 0.4) is 0 Å². The zero-order valence-electron chi connectivity index (χ0n) is 14.9. The van der Waals surface area contributed by atoms with Crippen LogP contribution in [0.5, 0.6) is 0 Å². The fraction of sp³-hybridized carbons (Fsp3) is 0.750. The van der Waals surface area contributed by atoms with Gasteiger partial charge in [0.2, 0.25) is 0 Å². The Morgan fingerprint density at radius 2 is 2.08 bits per heavy atom. The van der Waals surface area contributed by atoms with Gasteiger partial charge in [-0.05, 0) is 27.2 Å². The standard InChI is InChI=1S/C14H22N2O2S.C2HF3O2/c1-4-17-12-5-14(19-7-12)8-16(9-14)6-13-10(2)15-18-11(13)3;3-2(4,5)1(6)7/h12H,4-9H2,1-3H3;(H,6,7). The van der Waals surface area contributed by atoms with Crippen LogP contribution in [-0.4, -0.2) is 63.6 Å². The van der Waals surface area contributed by atoms with Gasteiger partial charge in [-0.3, -0.25) is 4.90 Å². The van der Waals surface area contributed by atoms with Crippen LogP contribution in [0.2, 0.25) is 0 Å². The predicted octanol–water partition coefficient (Wildman–Crippen LogP) is 3.02. The van der Waals surface area contributed by atoms with Crippen LogP contribution in [0.1, 0.15) is 30.4 Å². The number of carbonyl (C=O) groups is 1. The lowest BCUT2D eigenvalue weighted by molar-refractivity contribution is -0.192. The average Bonchev–Trinajstić information content (AvgIpc) is 3.06. The molecule has 2 saturated heterocycles. The highest BCUT2D eigenvalue weighted by molar-refractivity contribution is 8.01. The van der Waals surface area contributed by atoms with Crippen molar-refractivity contribution >= 4 is 17.7 Å². The summed E-state index contributed by atoms with van der Waals surface area (Å²) in [7, 11) is 0. The van der Waals surface area contributed by atoms with Crippen molar-refractivity contribution in [3.8, 4) is 0 Å². The Kier molecular flexibility index (Phi) is 6.62. The number of aromatic nitrogens is 1. The van der Waals surface area contributed by atoms with E-state index in [2.05, 4.69) is 28.7 Å². The lowest BCUT2D eigenvalue weighted by Crippen LogP contribution is -2.58. The van der Waals surface area contributed by atoms with E-state index in [9.17, 15) is 13.2 Å². The highest BCUT2D eigenvalue weighted by atomic mass is 32.2. The molecule has 0 aromatic carbocycles. The molecule has 1 unspecified atom stereocenters. The van der Waals surface area contributed by atoms with E-state index in [0.717, 1.165) is 30.4 Å². The van der Waals surface area contributed by atoms with Crippen molar-refractivity contribution in [3.63, 3.8) is 0 Å². The fourth-order valence-electron chi connectivity index (χ4n) is 3.20. The number of thioether (sulfide) groups is 1. The molecule has 0 amide bonds. The third-order valence-electron chi connectivity index (χ3n) is 4.41. The van der Waals surface area contributed by atoms with Crippen LogP contribution >= 0.6 is 11.8 Å². The number of likely N-dealkylation sites (tertiary alicyclic amines) is 1. The van der Waals surface area contributed by atoms with Gasteiger partial charge in [0.15, 0.2) is 0 Å². The van der Waals surface area contributed by atoms with Crippen LogP contribution in [0.4, 0.5) is 13.2 Å². The number of carboxylic acid groups (broad SMARTS) is 1. The molecule has 0 radical (unpaired) electrons. The molecule has 1 N–H and O–H groups in total. The molecule has 1 aromatic heterocycles. The molecule has 1 aromatic rings. The minimum Gasteiger partial charge on any atom is -0.475 e. The Balaban J connectivity index is 0.000000298. The van der Waals surface area contributed by atoms with Gasteiger partial charge >= 0.3 is 12.1 Å². The van der Waals surface area contributed by atoms with Gasteiger partial charge in [0.05, 0.1) is 11.8 Å². The molecule has 1 atom stereocenters. The molecular formula is C16H23F3N2O4S. The van der Waals surface area contributed by atoms with E-state index >= 15 is 0 Å². The minimum absolute atomic E-state index is 0.457. The topological polar surface area (TPSA) is 75.8 Å². The van der Waals surface area contributed by atoms with E-state index in [1.54, 1.807) is 0 Å². The second-order valence-corrected chi connectivity index (χ2v) is 8.01. The molecule has 1 spiro atoms. The summed E-state index contributed by atoms with van der Waals surface area (Å²) in [5, 5.41) is 11.2. The van der Waals surface area contributed by atoms with Crippen LogP contribution in [-0.2, 0) is 16.1 Å². The monoisotopic (exact) mass is 396 g/mol. The summed E-state index contributed by atoms with van der Waals surface area (Å²) in [6.45, 7) is 10.3. The first-order valence-corrected chi connectivity index (χ1v) is 9.24. The van der Waals surface area contributed by atoms with E-state index in [-0.39, 0.29) is 0 Å². The molecule has 3 heterocycles. The van der Waals surface area contributed by atoms with Gasteiger partial charge in [0.25, 0.3) is 0 Å². The molecule has 0 saturated carbocycles. The quantitative estimate of drug-likeness (QED) is 0.838. The highest BCUT2D eigenvalue weighted by Gasteiger charge is 2.49. The molecule has 3 rings (SSSR count). The van der Waals surface area contributed by atoms with Crippen molar-refractivity contribution in [2.24, 2.45) is 0 Å². The van der Waals surface area contributed by atoms with Crippen molar-refractivity contribution in [2.45, 2.75) is 50.8 Å². The maximum Gasteiger partial charge on any atom is 0.490 e. The summed E-state index contributed by atoms with van der Waals surface area (Å²) in [4.78, 5) is 11.4. The molecule has 6 nitrogen and oxygen atoms in total. The minimum atomic E-state index is -5.08. The third-order valence-corrected chi connectivity index (χ3v) is 5.98. The molecule has 10 heteroatoms. The average molecular weight is 396 g/mol. The number of hydrogen-bond donors (Lipinski definition) is 1. The fourth-order valence-corrected chi connectivity index (χ4v) is 4.80. The van der Waals surface area contributed by atoms with Crippen molar-refractivity contribution in [2.75, 3.05) is 25.4 Å². The first kappa shape index (κ1) is 21.0. The number of carboxylic acids is 1. The molecule has 0 bridgehead atoms. The van der Waals surface area contributed by atoms with Crippen LogP contribution in [0.15, 0.2) is 4.52 Å². The lowest BCUT2D eigenvalue weighted by Gasteiger charge is -2.47. The molecule has 148 valence electrons. The lowest BCUT2D eigenvalue weighted by atomic mass is 9.92. The van der Waals surface area contributed by atoms with Crippen LogP contribution < -0.4 is 0 Å². The van der Waals surface area contributed by atoms with Crippen molar-refractivity contribution in [3.05, 3.63) is 17.0 Å². The second kappa shape index (κ2) is 8.18. The third kappa shape index (κ3) is 5.14. The molecule has 2 aliphatic rings. The van der Waals surface area contributed by atoms with Gasteiger partial charge < -0.3 is 14.4 Å². The Bertz CT molecular complexity index is 610. The normalized spacial score (nSPS) is 22.0. The summed E-state index contributed by atoms with van der Waals surface area (Å²) < 4.78 is 43.2. The summed E-state index contributed by atoms with van der Waals surface area (Å²) >= 11 is 2.10. The number of aryl methyl sites for hydroxylation is 2. The van der Waals surface area contributed by atoms with Gasteiger partial charge in [-0.2, -0.15) is 13.2 Å². The first-order chi connectivity index (χ1) is 12.1. The Morgan fingerprint density at radius 1 is 1.46 bits per heavy atom. The number of rotatable bonds is 4. The predicted molar refractivity (Wildman–Crippen MR) is 90.2 cm³/mol. The molecule has 2 fully saturated rings.